The minimum absolute atomic E-state index is 0.00681. The third-order valence-electron chi connectivity index (χ3n) is 2.58. The number of aromatic nitrogens is 1. The third kappa shape index (κ3) is 4.04. The van der Waals surface area contributed by atoms with Crippen molar-refractivity contribution in [3.63, 3.8) is 0 Å². The highest BCUT2D eigenvalue weighted by Gasteiger charge is 2.31. The Morgan fingerprint density at radius 2 is 2.10 bits per heavy atom. The fourth-order valence-electron chi connectivity index (χ4n) is 1.62. The normalized spacial score (nSPS) is 11.5. The quantitative estimate of drug-likeness (QED) is 0.746. The average Bonchev–Trinajstić information content (AvgIpc) is 2.85. The second kappa shape index (κ2) is 6.15. The molecular weight excluding hydrogens is 371 g/mol. The van der Waals surface area contributed by atoms with Crippen molar-refractivity contribution in [1.82, 2.24) is 4.98 Å². The van der Waals surface area contributed by atoms with Gasteiger partial charge >= 0.3 is 12.1 Å². The van der Waals surface area contributed by atoms with E-state index in [0.717, 1.165) is 12.1 Å². The number of carbonyl (C=O) groups is 1. The SMILES string of the molecule is COC(=O)Cc1csc(-c2cc(Br)cc(C(F)(F)F)c2)n1. The summed E-state index contributed by atoms with van der Waals surface area (Å²) in [5.74, 6) is -0.447. The van der Waals surface area contributed by atoms with E-state index in [1.165, 1.54) is 18.4 Å². The van der Waals surface area contributed by atoms with Crippen LogP contribution in [-0.2, 0) is 22.1 Å². The first-order valence-corrected chi connectivity index (χ1v) is 7.36. The fourth-order valence-corrected chi connectivity index (χ4v) is 2.92. The molecule has 21 heavy (non-hydrogen) atoms. The molecule has 0 N–H and O–H groups in total. The van der Waals surface area contributed by atoms with Gasteiger partial charge in [0.15, 0.2) is 0 Å². The van der Waals surface area contributed by atoms with Gasteiger partial charge in [-0.15, -0.1) is 11.3 Å². The number of alkyl halides is 3. The monoisotopic (exact) mass is 379 g/mol. The van der Waals surface area contributed by atoms with Crippen molar-refractivity contribution in [2.45, 2.75) is 12.6 Å². The highest BCUT2D eigenvalue weighted by molar-refractivity contribution is 9.10. The Kier molecular flexibility index (Phi) is 4.67. The molecule has 2 rings (SSSR count). The van der Waals surface area contributed by atoms with E-state index in [4.69, 9.17) is 0 Å². The van der Waals surface area contributed by atoms with E-state index in [1.807, 2.05) is 0 Å². The first-order valence-electron chi connectivity index (χ1n) is 5.69. The molecule has 0 atom stereocenters. The molecule has 0 aliphatic heterocycles. The molecule has 0 saturated heterocycles. The second-order valence-electron chi connectivity index (χ2n) is 4.12. The van der Waals surface area contributed by atoms with E-state index >= 15 is 0 Å². The van der Waals surface area contributed by atoms with Gasteiger partial charge in [-0.3, -0.25) is 4.79 Å². The predicted octanol–water partition coefficient (Wildman–Crippen LogP) is 4.31. The number of nitrogens with zero attached hydrogens (tertiary/aromatic N) is 1. The van der Waals surface area contributed by atoms with Crippen molar-refractivity contribution in [3.05, 3.63) is 39.3 Å². The van der Waals surface area contributed by atoms with Crippen LogP contribution in [0.25, 0.3) is 10.6 Å². The van der Waals surface area contributed by atoms with Gasteiger partial charge in [0.2, 0.25) is 0 Å². The molecule has 0 radical (unpaired) electrons. The summed E-state index contributed by atoms with van der Waals surface area (Å²) in [6, 6.07) is 3.59. The van der Waals surface area contributed by atoms with Crippen molar-refractivity contribution < 1.29 is 22.7 Å². The molecule has 1 aromatic heterocycles. The van der Waals surface area contributed by atoms with Gasteiger partial charge in [0.05, 0.1) is 24.8 Å². The zero-order valence-corrected chi connectivity index (χ0v) is 13.1. The van der Waals surface area contributed by atoms with Gasteiger partial charge < -0.3 is 4.74 Å². The molecule has 0 amide bonds. The fraction of sp³-hybridized carbons (Fsp3) is 0.231. The summed E-state index contributed by atoms with van der Waals surface area (Å²) >= 11 is 4.24. The lowest BCUT2D eigenvalue weighted by Crippen LogP contribution is -2.05. The molecule has 8 heteroatoms. The molecule has 2 aromatic rings. The Bertz CT molecular complexity index is 670. The molecule has 0 spiro atoms. The zero-order valence-electron chi connectivity index (χ0n) is 10.7. The lowest BCUT2D eigenvalue weighted by atomic mass is 10.1. The van der Waals surface area contributed by atoms with E-state index in [-0.39, 0.29) is 6.42 Å². The molecule has 3 nitrogen and oxygen atoms in total. The second-order valence-corrected chi connectivity index (χ2v) is 5.90. The predicted molar refractivity (Wildman–Crippen MR) is 76.0 cm³/mol. The lowest BCUT2D eigenvalue weighted by Gasteiger charge is -2.08. The number of hydrogen-bond acceptors (Lipinski definition) is 4. The molecule has 0 unspecified atom stereocenters. The summed E-state index contributed by atoms with van der Waals surface area (Å²) in [6.45, 7) is 0. The van der Waals surface area contributed by atoms with E-state index in [9.17, 15) is 18.0 Å². The maximum absolute atomic E-state index is 12.8. The summed E-state index contributed by atoms with van der Waals surface area (Å²) in [6.07, 6.45) is -4.43. The first kappa shape index (κ1) is 16.0. The van der Waals surface area contributed by atoms with Gasteiger partial charge in [0, 0.05) is 15.4 Å². The highest BCUT2D eigenvalue weighted by atomic mass is 79.9. The summed E-state index contributed by atoms with van der Waals surface area (Å²) in [7, 11) is 1.26. The average molecular weight is 380 g/mol. The Balaban J connectivity index is 2.34. The van der Waals surface area contributed by atoms with Crippen LogP contribution < -0.4 is 0 Å². The number of hydrogen-bond donors (Lipinski definition) is 0. The molecule has 0 aliphatic rings. The van der Waals surface area contributed by atoms with E-state index in [2.05, 4.69) is 25.7 Å². The van der Waals surface area contributed by atoms with E-state index in [0.29, 0.717) is 20.7 Å². The first-order chi connectivity index (χ1) is 9.79. The number of carbonyl (C=O) groups excluding carboxylic acids is 1. The van der Waals surface area contributed by atoms with Crippen LogP contribution >= 0.6 is 27.3 Å². The minimum Gasteiger partial charge on any atom is -0.469 e. The number of benzene rings is 1. The van der Waals surface area contributed by atoms with Crippen molar-refractivity contribution in [2.24, 2.45) is 0 Å². The van der Waals surface area contributed by atoms with Gasteiger partial charge in [0.1, 0.15) is 5.01 Å². The Morgan fingerprint density at radius 3 is 2.71 bits per heavy atom. The number of ether oxygens (including phenoxy) is 1. The van der Waals surface area contributed by atoms with Gasteiger partial charge in [0.25, 0.3) is 0 Å². The largest absolute Gasteiger partial charge is 0.469 e. The summed E-state index contributed by atoms with van der Waals surface area (Å²) in [5, 5.41) is 2.04. The third-order valence-corrected chi connectivity index (χ3v) is 3.97. The van der Waals surface area contributed by atoms with E-state index in [1.54, 1.807) is 11.4 Å². The zero-order chi connectivity index (χ0) is 15.6. The van der Waals surface area contributed by atoms with Gasteiger partial charge in [-0.1, -0.05) is 15.9 Å². The van der Waals surface area contributed by atoms with Crippen LogP contribution in [0.5, 0.6) is 0 Å². The molecule has 0 aliphatic carbocycles. The van der Waals surface area contributed by atoms with Crippen molar-refractivity contribution in [3.8, 4) is 10.6 Å². The topological polar surface area (TPSA) is 39.2 Å². The Morgan fingerprint density at radius 1 is 1.38 bits per heavy atom. The minimum atomic E-state index is -4.43. The summed E-state index contributed by atoms with van der Waals surface area (Å²) in [5.41, 5.74) is 0.0600. The molecular formula is C13H9BrF3NO2S. The Labute approximate surface area is 130 Å². The number of rotatable bonds is 3. The number of methoxy groups -OCH3 is 1. The molecule has 1 heterocycles. The van der Waals surface area contributed by atoms with Crippen LogP contribution in [0.15, 0.2) is 28.1 Å². The van der Waals surface area contributed by atoms with Crippen LogP contribution in [0, 0.1) is 0 Å². The lowest BCUT2D eigenvalue weighted by molar-refractivity contribution is -0.140. The van der Waals surface area contributed by atoms with Crippen LogP contribution in [-0.4, -0.2) is 18.1 Å². The smallest absolute Gasteiger partial charge is 0.416 e. The maximum Gasteiger partial charge on any atom is 0.416 e. The molecule has 0 fully saturated rings. The van der Waals surface area contributed by atoms with Crippen LogP contribution in [0.3, 0.4) is 0 Å². The van der Waals surface area contributed by atoms with Crippen molar-refractivity contribution >= 4 is 33.2 Å². The molecule has 1 aromatic carbocycles. The standard InChI is InChI=1S/C13H9BrF3NO2S/c1-20-11(19)5-10-6-21-12(18-10)7-2-8(13(15,16)17)4-9(14)3-7/h2-4,6H,5H2,1H3. The van der Waals surface area contributed by atoms with Crippen LogP contribution in [0.1, 0.15) is 11.3 Å². The van der Waals surface area contributed by atoms with Crippen molar-refractivity contribution in [1.29, 1.82) is 0 Å². The molecule has 0 bridgehead atoms. The van der Waals surface area contributed by atoms with Gasteiger partial charge in [-0.2, -0.15) is 13.2 Å². The number of halogens is 4. The maximum atomic E-state index is 12.8. The number of thiazole rings is 1. The van der Waals surface area contributed by atoms with Gasteiger partial charge in [-0.25, -0.2) is 4.98 Å². The van der Waals surface area contributed by atoms with Crippen LogP contribution in [0.4, 0.5) is 13.2 Å². The molecule has 112 valence electrons. The Hall–Kier alpha value is -1.41. The van der Waals surface area contributed by atoms with E-state index < -0.39 is 17.7 Å². The van der Waals surface area contributed by atoms with Crippen LogP contribution in [0.2, 0.25) is 0 Å². The highest BCUT2D eigenvalue weighted by Crippen LogP contribution is 2.35. The summed E-state index contributed by atoms with van der Waals surface area (Å²) < 4.78 is 43.2. The molecule has 0 saturated carbocycles. The van der Waals surface area contributed by atoms with Gasteiger partial charge in [-0.05, 0) is 18.2 Å². The number of esters is 1. The van der Waals surface area contributed by atoms with Crippen molar-refractivity contribution in [2.75, 3.05) is 7.11 Å². The summed E-state index contributed by atoms with van der Waals surface area (Å²) in [4.78, 5) is 15.3.